The van der Waals surface area contributed by atoms with Crippen LogP contribution in [0.1, 0.15) is 75.1 Å². The highest BCUT2D eigenvalue weighted by molar-refractivity contribution is 5.97. The van der Waals surface area contributed by atoms with Crippen molar-refractivity contribution >= 4 is 34.2 Å². The molecule has 0 radical (unpaired) electrons. The highest BCUT2D eigenvalue weighted by Gasteiger charge is 2.33. The smallest absolute Gasteiger partial charge is 0.320 e. The van der Waals surface area contributed by atoms with Crippen LogP contribution in [0.15, 0.2) is 47.5 Å². The monoisotopic (exact) mass is 758 g/mol. The molecule has 0 bridgehead atoms. The quantitative estimate of drug-likeness (QED) is 0.163. The normalized spacial score (nSPS) is 17.3. The van der Waals surface area contributed by atoms with Crippen LogP contribution in [0.4, 0.5) is 20.2 Å². The predicted octanol–water partition coefficient (Wildman–Crippen LogP) is 6.82. The van der Waals surface area contributed by atoms with Crippen LogP contribution in [-0.2, 0) is 27.8 Å². The second-order valence-corrected chi connectivity index (χ2v) is 15.8. The van der Waals surface area contributed by atoms with E-state index in [1.54, 1.807) is 37.9 Å². The number of piperidine rings is 2. The van der Waals surface area contributed by atoms with Crippen molar-refractivity contribution in [2.45, 2.75) is 71.8 Å². The van der Waals surface area contributed by atoms with Crippen molar-refractivity contribution in [2.75, 3.05) is 57.9 Å². The lowest BCUT2D eigenvalue weighted by Gasteiger charge is -2.37. The number of hydrogen-bond acceptors (Lipinski definition) is 8. The first-order valence-electron chi connectivity index (χ1n) is 19.5. The molecule has 0 N–H and O–H groups in total. The maximum Gasteiger partial charge on any atom is 0.320 e. The Kier molecular flexibility index (Phi) is 11.3. The number of benzene rings is 2. The van der Waals surface area contributed by atoms with Crippen molar-refractivity contribution in [1.29, 1.82) is 0 Å². The summed E-state index contributed by atoms with van der Waals surface area (Å²) in [4.78, 5) is 44.5. The number of nitrogens with zero attached hydrogens (tertiary/aromatic N) is 6. The van der Waals surface area contributed by atoms with Crippen LogP contribution in [0, 0.1) is 18.8 Å². The molecule has 11 nitrogen and oxygen atoms in total. The molecule has 0 aliphatic carbocycles. The van der Waals surface area contributed by atoms with Crippen LogP contribution < -0.4 is 15.2 Å². The van der Waals surface area contributed by atoms with Crippen molar-refractivity contribution in [3.8, 4) is 16.9 Å². The van der Waals surface area contributed by atoms with E-state index in [4.69, 9.17) is 9.47 Å². The van der Waals surface area contributed by atoms with Gasteiger partial charge in [0.2, 0.25) is 5.91 Å². The zero-order chi connectivity index (χ0) is 39.0. The number of methoxy groups -OCH3 is 1. The lowest BCUT2D eigenvalue weighted by Crippen LogP contribution is -2.46. The summed E-state index contributed by atoms with van der Waals surface area (Å²) in [6, 6.07) is 9.20. The number of carbonyl (C=O) groups is 2. The van der Waals surface area contributed by atoms with Crippen LogP contribution in [0.3, 0.4) is 0 Å². The molecular weight excluding hydrogens is 706 g/mol. The summed E-state index contributed by atoms with van der Waals surface area (Å²) < 4.78 is 44.3. The van der Waals surface area contributed by atoms with Crippen LogP contribution >= 0.6 is 0 Å². The third-order valence-corrected chi connectivity index (χ3v) is 11.5. The first-order chi connectivity index (χ1) is 26.4. The number of carbonyl (C=O) groups excluding carboxylic acids is 2. The van der Waals surface area contributed by atoms with Gasteiger partial charge in [0.05, 0.1) is 43.7 Å². The molecule has 7 rings (SSSR count). The lowest BCUT2D eigenvalue weighted by atomic mass is 9.92. The van der Waals surface area contributed by atoms with E-state index in [0.717, 1.165) is 60.8 Å². The summed E-state index contributed by atoms with van der Waals surface area (Å²) in [6.45, 7) is 9.74. The molecule has 2 aromatic heterocycles. The number of esters is 1. The Morgan fingerprint density at radius 3 is 2.40 bits per heavy atom. The minimum Gasteiger partial charge on any atom is -0.497 e. The van der Waals surface area contributed by atoms with Gasteiger partial charge in [0.1, 0.15) is 5.75 Å². The standard InChI is InChI=1S/C42H52F2N6O5/c1-26(2)25-55-39(51)24-47-13-8-28(9-14-47)42(53)48-15-10-31(11-16-48)50-23-30(22-45-50)33-18-29-7-6-12-49(36(29)21-34(33)40(43)44)38-20-32(54-5)19-37-35(38)17-27(3)41(52)46(37)4/h17-23,26,28,31,40H,6-16,24-25H2,1-5H3. The van der Waals surface area contributed by atoms with Gasteiger partial charge < -0.3 is 23.8 Å². The molecule has 0 unspecified atom stereocenters. The van der Waals surface area contributed by atoms with Gasteiger partial charge in [-0.25, -0.2) is 8.78 Å². The molecular formula is C42H52F2N6O5. The highest BCUT2D eigenvalue weighted by Crippen LogP contribution is 2.44. The van der Waals surface area contributed by atoms with Crippen molar-refractivity contribution in [2.24, 2.45) is 18.9 Å². The minimum atomic E-state index is -2.71. The third kappa shape index (κ3) is 7.99. The van der Waals surface area contributed by atoms with Crippen LogP contribution in [0.25, 0.3) is 22.0 Å². The molecule has 0 spiro atoms. The molecule has 2 fully saturated rings. The van der Waals surface area contributed by atoms with E-state index in [2.05, 4.69) is 14.9 Å². The number of aromatic nitrogens is 3. The van der Waals surface area contributed by atoms with Crippen molar-refractivity contribution in [1.82, 2.24) is 24.1 Å². The molecule has 4 aromatic rings. The number of anilines is 2. The van der Waals surface area contributed by atoms with Gasteiger partial charge in [-0.1, -0.05) is 13.8 Å². The second kappa shape index (κ2) is 16.1. The number of likely N-dealkylation sites (tertiary alicyclic amines) is 2. The Balaban J connectivity index is 1.05. The summed E-state index contributed by atoms with van der Waals surface area (Å²) >= 11 is 0. The van der Waals surface area contributed by atoms with Gasteiger partial charge in [-0.05, 0) is 93.8 Å². The predicted molar refractivity (Wildman–Crippen MR) is 208 cm³/mol. The van der Waals surface area contributed by atoms with Gasteiger partial charge in [0.25, 0.3) is 12.0 Å². The molecule has 294 valence electrons. The van der Waals surface area contributed by atoms with Gasteiger partial charge in [0, 0.05) is 78.7 Å². The zero-order valence-corrected chi connectivity index (χ0v) is 32.5. The molecule has 13 heteroatoms. The maximum atomic E-state index is 14.9. The fraction of sp³-hybridized carbons (Fsp3) is 0.524. The van der Waals surface area contributed by atoms with E-state index in [9.17, 15) is 23.2 Å². The Hall–Kier alpha value is -4.78. The van der Waals surface area contributed by atoms with E-state index in [1.807, 2.05) is 53.9 Å². The van der Waals surface area contributed by atoms with Crippen LogP contribution in [0.2, 0.25) is 0 Å². The van der Waals surface area contributed by atoms with Gasteiger partial charge in [-0.2, -0.15) is 5.10 Å². The van der Waals surface area contributed by atoms with Gasteiger partial charge in [-0.15, -0.1) is 0 Å². The zero-order valence-electron chi connectivity index (χ0n) is 32.5. The molecule has 2 aromatic carbocycles. The average Bonchev–Trinajstić information content (AvgIpc) is 3.69. The second-order valence-electron chi connectivity index (χ2n) is 15.8. The van der Waals surface area contributed by atoms with Gasteiger partial charge >= 0.3 is 5.97 Å². The SMILES string of the molecule is COc1cc(N2CCCc3cc(-c4cnn(C5CCN(C(=O)C6CCN(CC(=O)OCC(C)C)CC6)CC5)c4)c(C(F)F)cc32)c2cc(C)c(=O)n(C)c2c1. The van der Waals surface area contributed by atoms with Gasteiger partial charge in [0.15, 0.2) is 0 Å². The number of fused-ring (bicyclic) bond motifs is 2. The number of pyridine rings is 1. The van der Waals surface area contributed by atoms with Crippen molar-refractivity contribution in [3.63, 3.8) is 0 Å². The van der Waals surface area contributed by atoms with E-state index in [1.165, 1.54) is 0 Å². The largest absolute Gasteiger partial charge is 0.497 e. The Bertz CT molecular complexity index is 2110. The van der Waals surface area contributed by atoms with E-state index >= 15 is 0 Å². The summed E-state index contributed by atoms with van der Waals surface area (Å²) in [6.07, 6.45) is 5.31. The summed E-state index contributed by atoms with van der Waals surface area (Å²) in [5, 5.41) is 5.51. The first-order valence-corrected chi connectivity index (χ1v) is 19.5. The fourth-order valence-electron chi connectivity index (χ4n) is 8.46. The third-order valence-electron chi connectivity index (χ3n) is 11.5. The molecule has 5 heterocycles. The van der Waals surface area contributed by atoms with Crippen molar-refractivity contribution in [3.05, 3.63) is 69.8 Å². The van der Waals surface area contributed by atoms with Gasteiger partial charge in [-0.3, -0.25) is 24.0 Å². The number of alkyl halides is 2. The molecule has 3 aliphatic heterocycles. The molecule has 3 aliphatic rings. The number of amides is 1. The van der Waals surface area contributed by atoms with E-state index in [-0.39, 0.29) is 41.5 Å². The summed E-state index contributed by atoms with van der Waals surface area (Å²) in [5.41, 5.74) is 4.79. The average molecular weight is 759 g/mol. The molecule has 0 atom stereocenters. The van der Waals surface area contributed by atoms with E-state index < -0.39 is 6.43 Å². The van der Waals surface area contributed by atoms with Crippen molar-refractivity contribution < 1.29 is 27.8 Å². The number of aryl methyl sites for hydroxylation is 3. The minimum absolute atomic E-state index is 0.0519. The number of rotatable bonds is 10. The number of ether oxygens (including phenoxy) is 2. The Morgan fingerprint density at radius 2 is 1.71 bits per heavy atom. The fourth-order valence-corrected chi connectivity index (χ4v) is 8.46. The Morgan fingerprint density at radius 1 is 0.964 bits per heavy atom. The molecule has 1 amide bonds. The molecule has 2 saturated heterocycles. The maximum absolute atomic E-state index is 14.9. The topological polar surface area (TPSA) is 102 Å². The number of halogens is 2. The van der Waals surface area contributed by atoms with Crippen LogP contribution in [0.5, 0.6) is 5.75 Å². The Labute approximate surface area is 320 Å². The molecule has 55 heavy (non-hydrogen) atoms. The number of hydrogen-bond donors (Lipinski definition) is 0. The van der Waals surface area contributed by atoms with E-state index in [0.29, 0.717) is 73.2 Å². The highest BCUT2D eigenvalue weighted by atomic mass is 19.3. The lowest BCUT2D eigenvalue weighted by molar-refractivity contribution is -0.146. The molecule has 0 saturated carbocycles. The van der Waals surface area contributed by atoms with Crippen LogP contribution in [-0.4, -0.2) is 89.0 Å². The summed E-state index contributed by atoms with van der Waals surface area (Å²) in [7, 11) is 3.31. The first kappa shape index (κ1) is 38.5. The summed E-state index contributed by atoms with van der Waals surface area (Å²) in [5.74, 6) is 0.789.